The molecule has 0 aliphatic heterocycles. The van der Waals surface area contributed by atoms with Crippen molar-refractivity contribution in [3.05, 3.63) is 67.8 Å². The number of benzene rings is 1. The molecular formula is C20H18ClFN8O2. The standard InChI is InChI=1S/C20H18ClFN8O2/c1-9(13-7-11(21)2-5-14(13)22)24-18-27-16-10(6-15-17(31)28-20(32)26-15)8-23-30(16)19(29-18)25-12-3-4-12/h2,5-9,12,31H,3-4H2,1H3,(H,24,25,29)(H2,26,28,32)/t9-/m0/s1. The minimum Gasteiger partial charge on any atom is -0.493 e. The van der Waals surface area contributed by atoms with Crippen LogP contribution in [0.15, 0.2) is 34.2 Å². The lowest BCUT2D eigenvalue weighted by Crippen LogP contribution is -2.25. The van der Waals surface area contributed by atoms with Crippen molar-refractivity contribution in [2.45, 2.75) is 31.8 Å². The second-order valence-corrected chi connectivity index (χ2v) is 8.00. The fraction of sp³-hybridized carbons (Fsp3) is 0.250. The Kier molecular flexibility index (Phi) is 4.89. The smallest absolute Gasteiger partial charge is 0.326 e. The van der Waals surface area contributed by atoms with Gasteiger partial charge in [-0.3, -0.25) is 4.98 Å². The van der Waals surface area contributed by atoms with Crippen molar-refractivity contribution in [1.82, 2.24) is 29.5 Å². The highest BCUT2D eigenvalue weighted by molar-refractivity contribution is 6.30. The molecule has 0 bridgehead atoms. The number of fused-ring (bicyclic) bond motifs is 1. The Balaban J connectivity index is 1.62. The zero-order valence-corrected chi connectivity index (χ0v) is 17.6. The van der Waals surface area contributed by atoms with Gasteiger partial charge in [0.1, 0.15) is 11.5 Å². The molecule has 0 unspecified atom stereocenters. The molecule has 164 valence electrons. The molecule has 4 aromatic rings. The number of hydrogen-bond donors (Lipinski definition) is 4. The number of imidazole rings is 1. The van der Waals surface area contributed by atoms with Crippen molar-refractivity contribution in [1.29, 1.82) is 0 Å². The van der Waals surface area contributed by atoms with Crippen molar-refractivity contribution in [3.8, 4) is 5.88 Å². The number of H-pyrrole nitrogens is 2. The molecule has 0 spiro atoms. The second kappa shape index (κ2) is 7.75. The van der Waals surface area contributed by atoms with Gasteiger partial charge in [0, 0.05) is 15.8 Å². The van der Waals surface area contributed by atoms with Gasteiger partial charge in [0.05, 0.1) is 18.3 Å². The fourth-order valence-electron chi connectivity index (χ4n) is 3.26. The summed E-state index contributed by atoms with van der Waals surface area (Å²) in [5, 5.41) is 18.2. The number of halogens is 2. The Labute approximate surface area is 184 Å². The maximum Gasteiger partial charge on any atom is 0.326 e. The SMILES string of the molecule is C[C@H](Nc1nc(=NC2CC2)n2ncc(=Cc3[nH]c(=O)[nH]c3O)c2n1)c1cc(Cl)ccc1F. The first-order chi connectivity index (χ1) is 15.4. The highest BCUT2D eigenvalue weighted by Crippen LogP contribution is 2.24. The molecule has 0 radical (unpaired) electrons. The van der Waals surface area contributed by atoms with Gasteiger partial charge in [-0.2, -0.15) is 19.6 Å². The van der Waals surface area contributed by atoms with E-state index in [4.69, 9.17) is 11.6 Å². The molecule has 1 saturated carbocycles. The third-order valence-corrected chi connectivity index (χ3v) is 5.26. The van der Waals surface area contributed by atoms with Crippen LogP contribution in [0.25, 0.3) is 11.7 Å². The maximum atomic E-state index is 14.3. The summed E-state index contributed by atoms with van der Waals surface area (Å²) in [6.45, 7) is 1.77. The molecule has 5 rings (SSSR count). The van der Waals surface area contributed by atoms with Gasteiger partial charge >= 0.3 is 5.69 Å². The monoisotopic (exact) mass is 456 g/mol. The van der Waals surface area contributed by atoms with Crippen LogP contribution in [-0.4, -0.2) is 40.7 Å². The van der Waals surface area contributed by atoms with Gasteiger partial charge in [-0.1, -0.05) is 11.6 Å². The molecule has 1 fully saturated rings. The molecule has 32 heavy (non-hydrogen) atoms. The molecule has 10 nitrogen and oxygen atoms in total. The summed E-state index contributed by atoms with van der Waals surface area (Å²) in [6, 6.07) is 4.03. The minimum absolute atomic E-state index is 0.172. The average Bonchev–Trinajstić information content (AvgIpc) is 3.38. The van der Waals surface area contributed by atoms with E-state index in [1.54, 1.807) is 13.0 Å². The molecule has 0 saturated heterocycles. The van der Waals surface area contributed by atoms with E-state index < -0.39 is 17.5 Å². The van der Waals surface area contributed by atoms with Crippen LogP contribution in [0.1, 0.15) is 37.1 Å². The molecule has 1 aromatic carbocycles. The summed E-state index contributed by atoms with van der Waals surface area (Å²) < 4.78 is 15.8. The van der Waals surface area contributed by atoms with E-state index in [-0.39, 0.29) is 23.6 Å². The zero-order valence-electron chi connectivity index (χ0n) is 16.8. The molecule has 0 amide bonds. The number of aromatic amines is 2. The number of aromatic hydroxyl groups is 1. The van der Waals surface area contributed by atoms with Crippen molar-refractivity contribution < 1.29 is 9.50 Å². The van der Waals surface area contributed by atoms with Crippen LogP contribution in [-0.2, 0) is 0 Å². The van der Waals surface area contributed by atoms with E-state index in [1.165, 1.54) is 28.9 Å². The first kappa shape index (κ1) is 20.2. The topological polar surface area (TPSA) is 136 Å². The van der Waals surface area contributed by atoms with Gasteiger partial charge in [0.2, 0.25) is 11.8 Å². The van der Waals surface area contributed by atoms with Crippen LogP contribution in [0.4, 0.5) is 10.3 Å². The van der Waals surface area contributed by atoms with E-state index in [0.29, 0.717) is 27.1 Å². The van der Waals surface area contributed by atoms with Crippen LogP contribution >= 0.6 is 11.6 Å². The van der Waals surface area contributed by atoms with Crippen LogP contribution < -0.4 is 21.8 Å². The summed E-state index contributed by atoms with van der Waals surface area (Å²) in [4.78, 5) is 29.8. The lowest BCUT2D eigenvalue weighted by molar-refractivity contribution is 0.454. The van der Waals surface area contributed by atoms with Crippen molar-refractivity contribution in [2.75, 3.05) is 5.32 Å². The Bertz CT molecular complexity index is 1500. The molecule has 4 N–H and O–H groups in total. The number of rotatable bonds is 5. The largest absolute Gasteiger partial charge is 0.493 e. The van der Waals surface area contributed by atoms with Gasteiger partial charge in [0.15, 0.2) is 5.65 Å². The molecule has 1 atom stereocenters. The predicted octanol–water partition coefficient (Wildman–Crippen LogP) is 1.42. The summed E-state index contributed by atoms with van der Waals surface area (Å²) >= 11 is 6.02. The van der Waals surface area contributed by atoms with Gasteiger partial charge in [-0.25, -0.2) is 14.2 Å². The lowest BCUT2D eigenvalue weighted by atomic mass is 10.1. The highest BCUT2D eigenvalue weighted by Gasteiger charge is 2.21. The van der Waals surface area contributed by atoms with E-state index >= 15 is 0 Å². The molecule has 12 heteroatoms. The number of anilines is 1. The number of aromatic nitrogens is 6. The minimum atomic E-state index is -0.538. The third kappa shape index (κ3) is 3.94. The average molecular weight is 457 g/mol. The van der Waals surface area contributed by atoms with E-state index in [9.17, 15) is 14.3 Å². The highest BCUT2D eigenvalue weighted by atomic mass is 35.5. The maximum absolute atomic E-state index is 14.3. The van der Waals surface area contributed by atoms with E-state index in [2.05, 4.69) is 35.3 Å². The fourth-order valence-corrected chi connectivity index (χ4v) is 3.44. The van der Waals surface area contributed by atoms with Gasteiger partial charge in [0.25, 0.3) is 5.62 Å². The van der Waals surface area contributed by atoms with Gasteiger partial charge < -0.3 is 15.4 Å². The molecule has 3 aromatic heterocycles. The van der Waals surface area contributed by atoms with Crippen molar-refractivity contribution >= 4 is 29.3 Å². The predicted molar refractivity (Wildman–Crippen MR) is 115 cm³/mol. The van der Waals surface area contributed by atoms with Crippen molar-refractivity contribution in [3.63, 3.8) is 0 Å². The lowest BCUT2D eigenvalue weighted by Gasteiger charge is -2.15. The first-order valence-corrected chi connectivity index (χ1v) is 10.3. The van der Waals surface area contributed by atoms with Gasteiger partial charge in [-0.05, 0) is 44.0 Å². The Morgan fingerprint density at radius 1 is 1.38 bits per heavy atom. The summed E-state index contributed by atoms with van der Waals surface area (Å²) in [6.07, 6.45) is 5.01. The van der Waals surface area contributed by atoms with Crippen LogP contribution in [0, 0.1) is 5.82 Å². The Morgan fingerprint density at radius 3 is 2.91 bits per heavy atom. The summed E-state index contributed by atoms with van der Waals surface area (Å²) in [5.41, 5.74) is 0.779. The van der Waals surface area contributed by atoms with Crippen LogP contribution in [0.2, 0.25) is 5.02 Å². The van der Waals surface area contributed by atoms with Gasteiger partial charge in [-0.15, -0.1) is 0 Å². The second-order valence-electron chi connectivity index (χ2n) is 7.56. The Hall–Kier alpha value is -3.73. The number of nitrogens with zero attached hydrogens (tertiary/aromatic N) is 5. The van der Waals surface area contributed by atoms with Crippen LogP contribution in [0.5, 0.6) is 5.88 Å². The Morgan fingerprint density at radius 2 is 2.19 bits per heavy atom. The molecule has 1 aliphatic carbocycles. The van der Waals surface area contributed by atoms with E-state index in [1.807, 2.05) is 0 Å². The third-order valence-electron chi connectivity index (χ3n) is 5.03. The van der Waals surface area contributed by atoms with Crippen molar-refractivity contribution in [2.24, 2.45) is 4.99 Å². The normalized spacial score (nSPS) is 16.1. The number of hydrogen-bond acceptors (Lipinski definition) is 7. The molecular weight excluding hydrogens is 439 g/mol. The molecule has 3 heterocycles. The zero-order chi connectivity index (χ0) is 22.4. The quantitative estimate of drug-likeness (QED) is 0.358. The molecule has 1 aliphatic rings. The summed E-state index contributed by atoms with van der Waals surface area (Å²) in [7, 11) is 0. The first-order valence-electron chi connectivity index (χ1n) is 9.91. The number of nitrogens with one attached hydrogen (secondary N) is 3. The van der Waals surface area contributed by atoms with Crippen LogP contribution in [0.3, 0.4) is 0 Å². The summed E-state index contributed by atoms with van der Waals surface area (Å²) in [5.74, 6) is -0.468. The van der Waals surface area contributed by atoms with E-state index in [0.717, 1.165) is 12.8 Å².